The maximum Gasteiger partial charge on any atom is 0.173 e. The van der Waals surface area contributed by atoms with E-state index >= 15 is 0 Å². The van der Waals surface area contributed by atoms with Crippen LogP contribution in [0.5, 0.6) is 0 Å². The number of aryl methyl sites for hydroxylation is 3. The minimum absolute atomic E-state index is 0.0429. The van der Waals surface area contributed by atoms with Gasteiger partial charge in [-0.3, -0.25) is 4.57 Å². The van der Waals surface area contributed by atoms with Crippen molar-refractivity contribution in [3.8, 4) is 5.69 Å². The lowest BCUT2D eigenvalue weighted by Crippen LogP contribution is -2.15. The number of nitrogens with zero attached hydrogens (tertiary/aromatic N) is 2. The molecule has 0 radical (unpaired) electrons. The summed E-state index contributed by atoms with van der Waals surface area (Å²) in [4.78, 5) is 4.95. The first-order chi connectivity index (χ1) is 17.9. The summed E-state index contributed by atoms with van der Waals surface area (Å²) >= 11 is 7.60. The minimum atomic E-state index is -0.532. The molecule has 1 heterocycles. The Morgan fingerprint density at radius 1 is 1.03 bits per heavy atom. The van der Waals surface area contributed by atoms with Crippen LogP contribution in [0.4, 0.5) is 13.2 Å². The molecule has 4 aromatic rings. The van der Waals surface area contributed by atoms with E-state index in [1.54, 1.807) is 12.1 Å². The van der Waals surface area contributed by atoms with Crippen LogP contribution in [0.3, 0.4) is 0 Å². The van der Waals surface area contributed by atoms with Crippen LogP contribution in [0, 0.1) is 24.4 Å². The van der Waals surface area contributed by atoms with Gasteiger partial charge in [-0.25, -0.2) is 18.2 Å². The largest absolute Gasteiger partial charge is 0.291 e. The molecule has 0 aliphatic heterocycles. The Morgan fingerprint density at radius 3 is 2.43 bits per heavy atom. The van der Waals surface area contributed by atoms with E-state index < -0.39 is 11.6 Å². The monoisotopic (exact) mass is 540 g/mol. The molecule has 0 spiro atoms. The maximum atomic E-state index is 14.9. The van der Waals surface area contributed by atoms with Gasteiger partial charge in [0.1, 0.15) is 17.5 Å². The van der Waals surface area contributed by atoms with Crippen molar-refractivity contribution in [1.29, 1.82) is 0 Å². The van der Waals surface area contributed by atoms with Crippen LogP contribution in [0.15, 0.2) is 59.8 Å². The zero-order valence-electron chi connectivity index (χ0n) is 20.8. The van der Waals surface area contributed by atoms with Crippen molar-refractivity contribution in [1.82, 2.24) is 9.55 Å². The van der Waals surface area contributed by atoms with Crippen LogP contribution in [0.2, 0.25) is 5.02 Å². The lowest BCUT2D eigenvalue weighted by Gasteiger charge is -2.25. The standard InChI is InChI=1S/C30H28ClF3N2S/c1-3-5-19-15-26(33)24(27(34)16-19)17-37-30-35-28-7-4-6-23(20-8-13-25(31)18(2)14-20)29(28)36(30)22-11-9-21(32)10-12-22/h8-16,23H,3-7,17H2,1-2H3. The number of thioether (sulfide) groups is 1. The highest BCUT2D eigenvalue weighted by atomic mass is 35.5. The number of halogens is 4. The second-order valence-corrected chi connectivity index (χ2v) is 10.9. The molecular formula is C30H28ClF3N2S. The van der Waals surface area contributed by atoms with Gasteiger partial charge in [0.05, 0.1) is 11.4 Å². The smallest absolute Gasteiger partial charge is 0.173 e. The van der Waals surface area contributed by atoms with Crippen molar-refractivity contribution in [2.24, 2.45) is 0 Å². The van der Waals surface area contributed by atoms with E-state index in [0.717, 1.165) is 58.9 Å². The minimum Gasteiger partial charge on any atom is -0.291 e. The molecule has 1 aliphatic carbocycles. The van der Waals surface area contributed by atoms with E-state index in [1.807, 2.05) is 30.5 Å². The number of hydrogen-bond donors (Lipinski definition) is 0. The summed E-state index contributed by atoms with van der Waals surface area (Å²) in [5.41, 5.74) is 5.64. The van der Waals surface area contributed by atoms with Gasteiger partial charge in [0.25, 0.3) is 0 Å². The molecule has 0 N–H and O–H groups in total. The van der Waals surface area contributed by atoms with E-state index in [-0.39, 0.29) is 23.1 Å². The third-order valence-electron chi connectivity index (χ3n) is 6.95. The summed E-state index contributed by atoms with van der Waals surface area (Å²) in [6, 6.07) is 15.2. The molecule has 0 fully saturated rings. The van der Waals surface area contributed by atoms with Crippen molar-refractivity contribution < 1.29 is 13.2 Å². The number of aromatic nitrogens is 2. The summed E-state index contributed by atoms with van der Waals surface area (Å²) in [6.07, 6.45) is 4.18. The molecule has 1 aromatic heterocycles. The van der Waals surface area contributed by atoms with Gasteiger partial charge >= 0.3 is 0 Å². The van der Waals surface area contributed by atoms with E-state index in [0.29, 0.717) is 17.1 Å². The summed E-state index contributed by atoms with van der Waals surface area (Å²) < 4.78 is 45.6. The quantitative estimate of drug-likeness (QED) is 0.218. The fourth-order valence-corrected chi connectivity index (χ4v) is 6.29. The average molecular weight is 541 g/mol. The summed E-state index contributed by atoms with van der Waals surface area (Å²) in [6.45, 7) is 3.97. The Hall–Kier alpha value is -2.70. The summed E-state index contributed by atoms with van der Waals surface area (Å²) in [5, 5.41) is 1.36. The van der Waals surface area contributed by atoms with Crippen LogP contribution in [-0.2, 0) is 18.6 Å². The highest BCUT2D eigenvalue weighted by Gasteiger charge is 2.30. The number of benzene rings is 3. The van der Waals surface area contributed by atoms with Crippen LogP contribution < -0.4 is 0 Å². The molecule has 192 valence electrons. The highest BCUT2D eigenvalue weighted by molar-refractivity contribution is 7.98. The fourth-order valence-electron chi connectivity index (χ4n) is 5.11. The topological polar surface area (TPSA) is 17.8 Å². The van der Waals surface area contributed by atoms with E-state index in [1.165, 1.54) is 36.0 Å². The zero-order chi connectivity index (χ0) is 26.1. The molecule has 1 atom stereocenters. The van der Waals surface area contributed by atoms with Crippen molar-refractivity contribution in [3.63, 3.8) is 0 Å². The van der Waals surface area contributed by atoms with Crippen LogP contribution in [0.25, 0.3) is 5.69 Å². The molecule has 37 heavy (non-hydrogen) atoms. The lowest BCUT2D eigenvalue weighted by atomic mass is 9.83. The van der Waals surface area contributed by atoms with Crippen molar-refractivity contribution in [2.45, 2.75) is 62.8 Å². The molecule has 0 saturated heterocycles. The summed E-state index contributed by atoms with van der Waals surface area (Å²) in [5.74, 6) is -1.21. The number of imidazole rings is 1. The molecule has 5 rings (SSSR count). The third-order valence-corrected chi connectivity index (χ3v) is 8.34. The maximum absolute atomic E-state index is 14.9. The van der Waals surface area contributed by atoms with Crippen molar-refractivity contribution in [3.05, 3.63) is 111 Å². The normalized spacial score (nSPS) is 15.1. The lowest BCUT2D eigenvalue weighted by molar-refractivity contribution is 0.562. The zero-order valence-corrected chi connectivity index (χ0v) is 22.4. The SMILES string of the molecule is CCCc1cc(F)c(CSc2nc3c(n2-c2ccc(F)cc2)C(c2ccc(Cl)c(C)c2)CCC3)c(F)c1. The summed E-state index contributed by atoms with van der Waals surface area (Å²) in [7, 11) is 0. The predicted octanol–water partition coefficient (Wildman–Crippen LogP) is 8.96. The number of rotatable bonds is 7. The Bertz CT molecular complexity index is 1410. The van der Waals surface area contributed by atoms with Gasteiger partial charge in [-0.05, 0) is 91.8 Å². The van der Waals surface area contributed by atoms with Gasteiger partial charge in [0.2, 0.25) is 0 Å². The van der Waals surface area contributed by atoms with E-state index in [2.05, 4.69) is 6.07 Å². The molecule has 0 amide bonds. The molecule has 3 aromatic carbocycles. The average Bonchev–Trinajstić information content (AvgIpc) is 3.24. The Balaban J connectivity index is 1.57. The Kier molecular flexibility index (Phi) is 7.68. The second-order valence-electron chi connectivity index (χ2n) is 9.57. The van der Waals surface area contributed by atoms with Gasteiger partial charge in [0, 0.05) is 27.9 Å². The van der Waals surface area contributed by atoms with Crippen LogP contribution >= 0.6 is 23.4 Å². The molecular weight excluding hydrogens is 513 g/mol. The Labute approximate surface area is 224 Å². The molecule has 7 heteroatoms. The van der Waals surface area contributed by atoms with Gasteiger partial charge in [-0.2, -0.15) is 0 Å². The van der Waals surface area contributed by atoms with Crippen LogP contribution in [0.1, 0.15) is 65.7 Å². The molecule has 0 bridgehead atoms. The first-order valence-electron chi connectivity index (χ1n) is 12.6. The number of fused-ring (bicyclic) bond motifs is 1. The molecule has 1 aliphatic rings. The van der Waals surface area contributed by atoms with Gasteiger partial charge in [-0.15, -0.1) is 0 Å². The van der Waals surface area contributed by atoms with E-state index in [4.69, 9.17) is 16.6 Å². The predicted molar refractivity (Wildman–Crippen MR) is 144 cm³/mol. The molecule has 0 saturated carbocycles. The first kappa shape index (κ1) is 25.9. The molecule has 2 nitrogen and oxygen atoms in total. The van der Waals surface area contributed by atoms with E-state index in [9.17, 15) is 13.2 Å². The van der Waals surface area contributed by atoms with Crippen molar-refractivity contribution >= 4 is 23.4 Å². The highest BCUT2D eigenvalue weighted by Crippen LogP contribution is 2.42. The van der Waals surface area contributed by atoms with Gasteiger partial charge in [0.15, 0.2) is 5.16 Å². The second kappa shape index (κ2) is 11.0. The van der Waals surface area contributed by atoms with Gasteiger partial charge < -0.3 is 0 Å². The Morgan fingerprint density at radius 2 is 1.76 bits per heavy atom. The fraction of sp³-hybridized carbons (Fsp3) is 0.300. The third kappa shape index (κ3) is 5.32. The molecule has 1 unspecified atom stereocenters. The van der Waals surface area contributed by atoms with Crippen molar-refractivity contribution in [2.75, 3.05) is 0 Å². The van der Waals surface area contributed by atoms with Gasteiger partial charge in [-0.1, -0.05) is 48.8 Å². The number of hydrogen-bond acceptors (Lipinski definition) is 2. The van der Waals surface area contributed by atoms with Crippen LogP contribution in [-0.4, -0.2) is 9.55 Å². The first-order valence-corrected chi connectivity index (χ1v) is 13.9.